The molecule has 5 aliphatic carbocycles. The van der Waals surface area contributed by atoms with Gasteiger partial charge in [0.1, 0.15) is 0 Å². The van der Waals surface area contributed by atoms with Gasteiger partial charge < -0.3 is 19.7 Å². The zero-order valence-corrected chi connectivity index (χ0v) is 20.1. The monoisotopic (exact) mass is 480 g/mol. The Morgan fingerprint density at radius 2 is 0.722 bits per heavy atom. The van der Waals surface area contributed by atoms with Crippen LogP contribution >= 0.6 is 0 Å². The third kappa shape index (κ3) is 1.81. The Hall–Kier alpha value is -1.72. The summed E-state index contributed by atoms with van der Waals surface area (Å²) in [5.74, 6) is 5.04. The van der Waals surface area contributed by atoms with Crippen LogP contribution in [-0.2, 0) is 9.47 Å². The van der Waals surface area contributed by atoms with E-state index in [0.717, 1.165) is 0 Å². The molecular formula is C32H32O4. The van der Waals surface area contributed by atoms with Gasteiger partial charge in [0.25, 0.3) is 0 Å². The van der Waals surface area contributed by atoms with Crippen LogP contribution in [-0.4, -0.2) is 22.4 Å². The van der Waals surface area contributed by atoms with Crippen LogP contribution in [0.4, 0.5) is 0 Å². The molecule has 4 heteroatoms. The highest BCUT2D eigenvalue weighted by atomic mass is 16.5. The molecule has 36 heavy (non-hydrogen) atoms. The highest BCUT2D eigenvalue weighted by Crippen LogP contribution is 2.79. The molecule has 5 saturated carbocycles. The van der Waals surface area contributed by atoms with Gasteiger partial charge in [-0.05, 0) is 106 Å². The molecule has 0 aromatic heterocycles. The van der Waals surface area contributed by atoms with Gasteiger partial charge in [-0.3, -0.25) is 0 Å². The number of aliphatic hydroxyl groups is 2. The van der Waals surface area contributed by atoms with Crippen molar-refractivity contribution in [3.63, 3.8) is 0 Å². The van der Waals surface area contributed by atoms with Gasteiger partial charge in [0.15, 0.2) is 0 Å². The van der Waals surface area contributed by atoms with E-state index in [1.807, 2.05) is 0 Å². The van der Waals surface area contributed by atoms with Crippen LogP contribution in [0, 0.1) is 71.0 Å². The second-order valence-corrected chi connectivity index (χ2v) is 13.9. The molecule has 0 spiro atoms. The summed E-state index contributed by atoms with van der Waals surface area (Å²) in [6, 6.07) is 17.7. The summed E-state index contributed by atoms with van der Waals surface area (Å²) >= 11 is 0. The molecule has 2 aromatic carbocycles. The summed E-state index contributed by atoms with van der Waals surface area (Å²) in [7, 11) is 0. The second kappa shape index (κ2) is 5.96. The zero-order valence-electron chi connectivity index (χ0n) is 20.1. The van der Waals surface area contributed by atoms with Gasteiger partial charge in [0, 0.05) is 0 Å². The molecular weight excluding hydrogens is 448 g/mol. The molecule has 2 aromatic rings. The number of aliphatic hydroxyl groups excluding tert-OH is 2. The molecule has 8 bridgehead atoms. The predicted molar refractivity (Wildman–Crippen MR) is 129 cm³/mol. The number of rotatable bonds is 0. The summed E-state index contributed by atoms with van der Waals surface area (Å²) in [6.45, 7) is 0. The van der Waals surface area contributed by atoms with E-state index in [4.69, 9.17) is 9.47 Å². The van der Waals surface area contributed by atoms with Crippen molar-refractivity contribution in [2.45, 2.75) is 49.5 Å². The molecule has 9 aliphatic rings. The molecule has 184 valence electrons. The Labute approximate surface area is 211 Å². The summed E-state index contributed by atoms with van der Waals surface area (Å²) in [5.41, 5.74) is 5.60. The third-order valence-corrected chi connectivity index (χ3v) is 13.6. The van der Waals surface area contributed by atoms with Gasteiger partial charge in [-0.15, -0.1) is 0 Å². The summed E-state index contributed by atoms with van der Waals surface area (Å²) < 4.78 is 13.3. The van der Waals surface area contributed by atoms with Crippen LogP contribution in [0.3, 0.4) is 0 Å². The lowest BCUT2D eigenvalue weighted by Gasteiger charge is -2.56. The van der Waals surface area contributed by atoms with Gasteiger partial charge >= 0.3 is 0 Å². The minimum atomic E-state index is -0.279. The SMILES string of the molecule is OC1[C@@H]2[C@H]3C[C@@H]([C@@H]2C(O)[C@@H]2[C@H]4C[C@@H]([C@H]12)[C@H]1[C@@H]4[C@H]2O[C@@H]1c1ccccc12)[C@H]1[C@@H]3[C@H]2O[C@@H]1c1ccccc12. The van der Waals surface area contributed by atoms with Crippen molar-refractivity contribution in [2.24, 2.45) is 71.0 Å². The fourth-order valence-electron chi connectivity index (χ4n) is 13.2. The smallest absolute Gasteiger partial charge is 0.0871 e. The van der Waals surface area contributed by atoms with Crippen LogP contribution in [0.25, 0.3) is 0 Å². The van der Waals surface area contributed by atoms with E-state index >= 15 is 0 Å². The van der Waals surface area contributed by atoms with Gasteiger partial charge in [0.05, 0.1) is 36.6 Å². The van der Waals surface area contributed by atoms with E-state index in [1.54, 1.807) is 0 Å². The molecule has 2 unspecified atom stereocenters. The number of ether oxygens (including phenoxy) is 2. The summed E-state index contributed by atoms with van der Waals surface area (Å²) in [5, 5.41) is 24.4. The average Bonchev–Trinajstić information content (AvgIpc) is 3.73. The maximum atomic E-state index is 12.2. The molecule has 4 aliphatic heterocycles. The Kier molecular flexibility index (Phi) is 3.21. The molecule has 4 heterocycles. The topological polar surface area (TPSA) is 58.9 Å². The quantitative estimate of drug-likeness (QED) is 0.579. The first-order chi connectivity index (χ1) is 17.7. The molecule has 0 amide bonds. The second-order valence-electron chi connectivity index (χ2n) is 13.9. The fraction of sp³-hybridized carbons (Fsp3) is 0.625. The van der Waals surface area contributed by atoms with Gasteiger partial charge in [-0.1, -0.05) is 48.5 Å². The van der Waals surface area contributed by atoms with Crippen LogP contribution in [0.15, 0.2) is 48.5 Å². The molecule has 7 fully saturated rings. The molecule has 2 saturated heterocycles. The first kappa shape index (κ1) is 19.4. The molecule has 18 atom stereocenters. The van der Waals surface area contributed by atoms with Crippen molar-refractivity contribution >= 4 is 0 Å². The number of benzene rings is 2. The van der Waals surface area contributed by atoms with Crippen molar-refractivity contribution in [2.75, 3.05) is 0 Å². The third-order valence-electron chi connectivity index (χ3n) is 13.6. The van der Waals surface area contributed by atoms with E-state index in [1.165, 1.54) is 35.1 Å². The largest absolute Gasteiger partial charge is 0.393 e. The maximum Gasteiger partial charge on any atom is 0.0871 e. The maximum absolute atomic E-state index is 12.2. The molecule has 4 nitrogen and oxygen atoms in total. The lowest BCUT2D eigenvalue weighted by Crippen LogP contribution is -2.60. The number of hydrogen-bond acceptors (Lipinski definition) is 4. The van der Waals surface area contributed by atoms with E-state index in [9.17, 15) is 10.2 Å². The lowest BCUT2D eigenvalue weighted by atomic mass is 9.49. The highest BCUT2D eigenvalue weighted by molar-refractivity contribution is 5.43. The Balaban J connectivity index is 0.999. The van der Waals surface area contributed by atoms with Crippen LogP contribution < -0.4 is 0 Å². The number of hydrogen-bond donors (Lipinski definition) is 2. The Bertz CT molecular complexity index is 1140. The van der Waals surface area contributed by atoms with Crippen molar-refractivity contribution in [3.8, 4) is 0 Å². The van der Waals surface area contributed by atoms with E-state index in [0.29, 0.717) is 47.3 Å². The molecule has 0 radical (unpaired) electrons. The van der Waals surface area contributed by atoms with Crippen molar-refractivity contribution in [1.29, 1.82) is 0 Å². The predicted octanol–water partition coefficient (Wildman–Crippen LogP) is 4.60. The zero-order chi connectivity index (χ0) is 23.2. The van der Waals surface area contributed by atoms with Gasteiger partial charge in [0.2, 0.25) is 0 Å². The summed E-state index contributed by atoms with van der Waals surface area (Å²) in [4.78, 5) is 0. The normalized spacial score (nSPS) is 60.6. The van der Waals surface area contributed by atoms with E-state index in [2.05, 4.69) is 48.5 Å². The van der Waals surface area contributed by atoms with Crippen molar-refractivity contribution in [1.82, 2.24) is 0 Å². The average molecular weight is 481 g/mol. The van der Waals surface area contributed by atoms with Crippen molar-refractivity contribution < 1.29 is 19.7 Å². The fourth-order valence-corrected chi connectivity index (χ4v) is 13.2. The van der Waals surface area contributed by atoms with Crippen LogP contribution in [0.1, 0.15) is 59.5 Å². The lowest BCUT2D eigenvalue weighted by molar-refractivity contribution is -0.177. The summed E-state index contributed by atoms with van der Waals surface area (Å²) in [6.07, 6.45) is 2.62. The first-order valence-electron chi connectivity index (χ1n) is 14.6. The standard InChI is InChI=1S/C32H32O4/c33-27-19-15-9-16(24-23(15)29-11-5-1-2-6-12(11)30(24)35-29)20(19)28(34)22-18-10-17(21(22)27)25-26(18)32-14-8-4-3-7-13(14)31(25)36-32/h1-8,15-34H,9-10H2/t15-,16+,17+,18-,19-,20+,21+,22-,23-,24+,25+,26-,27?,28?,29+,30-,31-,32+. The van der Waals surface area contributed by atoms with Crippen LogP contribution in [0.5, 0.6) is 0 Å². The van der Waals surface area contributed by atoms with E-state index < -0.39 is 0 Å². The molecule has 11 rings (SSSR count). The Morgan fingerprint density at radius 3 is 1.00 bits per heavy atom. The van der Waals surface area contributed by atoms with Gasteiger partial charge in [-0.2, -0.15) is 0 Å². The van der Waals surface area contributed by atoms with Crippen LogP contribution in [0.2, 0.25) is 0 Å². The minimum Gasteiger partial charge on any atom is -0.393 e. The minimum absolute atomic E-state index is 0.203. The Morgan fingerprint density at radius 1 is 0.444 bits per heavy atom. The van der Waals surface area contributed by atoms with Gasteiger partial charge in [-0.25, -0.2) is 0 Å². The first-order valence-corrected chi connectivity index (χ1v) is 14.6. The highest BCUT2D eigenvalue weighted by Gasteiger charge is 2.77. The number of fused-ring (bicyclic) bond motifs is 30. The molecule has 2 N–H and O–H groups in total. The van der Waals surface area contributed by atoms with Crippen molar-refractivity contribution in [3.05, 3.63) is 70.8 Å². The van der Waals surface area contributed by atoms with E-state index in [-0.39, 0.29) is 60.3 Å².